The van der Waals surface area contributed by atoms with E-state index in [1.54, 1.807) is 0 Å². The van der Waals surface area contributed by atoms with Crippen molar-refractivity contribution in [2.75, 3.05) is 32.8 Å². The monoisotopic (exact) mass is 305 g/mol. The highest BCUT2D eigenvalue weighted by Gasteiger charge is 2.34. The van der Waals surface area contributed by atoms with Crippen LogP contribution in [0.2, 0.25) is 0 Å². The van der Waals surface area contributed by atoms with Gasteiger partial charge in [-0.2, -0.15) is 4.98 Å². The number of rotatable bonds is 4. The predicted octanol–water partition coefficient (Wildman–Crippen LogP) is 2.06. The van der Waals surface area contributed by atoms with Gasteiger partial charge >= 0.3 is 0 Å². The van der Waals surface area contributed by atoms with E-state index in [1.807, 2.05) is 0 Å². The summed E-state index contributed by atoms with van der Waals surface area (Å²) in [4.78, 5) is 6.95. The van der Waals surface area contributed by atoms with Gasteiger partial charge < -0.3 is 14.0 Å². The van der Waals surface area contributed by atoms with Gasteiger partial charge in [0.25, 0.3) is 5.89 Å². The van der Waals surface area contributed by atoms with Crippen molar-refractivity contribution >= 4 is 0 Å². The van der Waals surface area contributed by atoms with Crippen LogP contribution in [0.1, 0.15) is 49.9 Å². The summed E-state index contributed by atoms with van der Waals surface area (Å²) in [5.41, 5.74) is 1.36. The van der Waals surface area contributed by atoms with E-state index in [1.165, 1.54) is 18.4 Å². The third-order valence-corrected chi connectivity index (χ3v) is 4.42. The number of hydrogen-bond acceptors (Lipinski definition) is 6. The molecule has 1 aromatic heterocycles. The van der Waals surface area contributed by atoms with Crippen molar-refractivity contribution in [2.24, 2.45) is 0 Å². The van der Waals surface area contributed by atoms with Gasteiger partial charge in [0.2, 0.25) is 0 Å². The first-order chi connectivity index (χ1) is 10.8. The number of hydrogen-bond donors (Lipinski definition) is 0. The third kappa shape index (κ3) is 3.24. The highest BCUT2D eigenvalue weighted by molar-refractivity contribution is 5.09. The average molecular weight is 305 g/mol. The first-order valence-corrected chi connectivity index (χ1v) is 8.25. The van der Waals surface area contributed by atoms with Crippen LogP contribution in [0.25, 0.3) is 0 Å². The van der Waals surface area contributed by atoms with E-state index < -0.39 is 0 Å². The van der Waals surface area contributed by atoms with Gasteiger partial charge in [-0.1, -0.05) is 11.2 Å². The second-order valence-electron chi connectivity index (χ2n) is 6.60. The molecule has 120 valence electrons. The molecule has 4 rings (SSSR count). The number of nitrogens with zero attached hydrogens (tertiary/aromatic N) is 3. The van der Waals surface area contributed by atoms with Crippen molar-refractivity contribution in [3.63, 3.8) is 0 Å². The molecule has 1 aromatic rings. The summed E-state index contributed by atoms with van der Waals surface area (Å²) in [6.45, 7) is 6.36. The van der Waals surface area contributed by atoms with Crippen LogP contribution in [0.4, 0.5) is 0 Å². The van der Waals surface area contributed by atoms with Gasteiger partial charge in [0.1, 0.15) is 6.10 Å². The van der Waals surface area contributed by atoms with Crippen molar-refractivity contribution in [1.82, 2.24) is 15.0 Å². The third-order valence-electron chi connectivity index (χ3n) is 4.42. The van der Waals surface area contributed by atoms with Gasteiger partial charge in [-0.15, -0.1) is 0 Å². The van der Waals surface area contributed by atoms with Gasteiger partial charge in [-0.05, 0) is 31.8 Å². The summed E-state index contributed by atoms with van der Waals surface area (Å²) in [7, 11) is 0. The highest BCUT2D eigenvalue weighted by Crippen LogP contribution is 2.39. The Kier molecular flexibility index (Phi) is 3.98. The average Bonchev–Trinajstić information content (AvgIpc) is 3.25. The van der Waals surface area contributed by atoms with Gasteiger partial charge in [0.15, 0.2) is 5.82 Å². The minimum atomic E-state index is -0.117. The van der Waals surface area contributed by atoms with Crippen LogP contribution in [0.15, 0.2) is 16.2 Å². The second kappa shape index (κ2) is 6.10. The molecule has 0 radical (unpaired) electrons. The number of morpholine rings is 1. The Hall–Kier alpha value is -1.24. The summed E-state index contributed by atoms with van der Waals surface area (Å²) >= 11 is 0. The Morgan fingerprint density at radius 1 is 1.32 bits per heavy atom. The van der Waals surface area contributed by atoms with Crippen LogP contribution in [-0.4, -0.2) is 54.0 Å². The molecule has 0 N–H and O–H groups in total. The maximum atomic E-state index is 6.02. The number of ether oxygens (including phenoxy) is 2. The van der Waals surface area contributed by atoms with Crippen LogP contribution in [0.5, 0.6) is 0 Å². The fourth-order valence-corrected chi connectivity index (χ4v) is 3.20. The molecule has 2 atom stereocenters. The lowest BCUT2D eigenvalue weighted by Crippen LogP contribution is -2.44. The molecular weight excluding hydrogens is 282 g/mol. The molecule has 0 amide bonds. The zero-order chi connectivity index (χ0) is 14.9. The van der Waals surface area contributed by atoms with Gasteiger partial charge in [0, 0.05) is 25.6 Å². The first-order valence-electron chi connectivity index (χ1n) is 8.25. The molecule has 0 unspecified atom stereocenters. The molecule has 1 saturated heterocycles. The topological polar surface area (TPSA) is 60.6 Å². The molecule has 3 heterocycles. The number of aromatic nitrogens is 2. The SMILES string of the molecule is C[C@@H]1CN(CC2=CCCOC2)C[C@H](c2nc(C3CC3)no2)O1. The predicted molar refractivity (Wildman–Crippen MR) is 79.5 cm³/mol. The molecule has 6 heteroatoms. The molecular formula is C16H23N3O3. The van der Waals surface area contributed by atoms with Crippen molar-refractivity contribution in [3.05, 3.63) is 23.4 Å². The molecule has 0 spiro atoms. The lowest BCUT2D eigenvalue weighted by molar-refractivity contribution is -0.0890. The maximum absolute atomic E-state index is 6.02. The minimum Gasteiger partial charge on any atom is -0.377 e. The Bertz CT molecular complexity index is 553. The van der Waals surface area contributed by atoms with Crippen LogP contribution in [0, 0.1) is 0 Å². The van der Waals surface area contributed by atoms with Gasteiger partial charge in [-0.3, -0.25) is 4.90 Å². The van der Waals surface area contributed by atoms with Crippen LogP contribution in [-0.2, 0) is 9.47 Å². The minimum absolute atomic E-state index is 0.117. The summed E-state index contributed by atoms with van der Waals surface area (Å²) in [5.74, 6) is 2.00. The Morgan fingerprint density at radius 3 is 3.00 bits per heavy atom. The fraction of sp³-hybridized carbons (Fsp3) is 0.750. The smallest absolute Gasteiger partial charge is 0.257 e. The van der Waals surface area contributed by atoms with Crippen molar-refractivity contribution in [2.45, 2.75) is 44.3 Å². The van der Waals surface area contributed by atoms with E-state index in [2.05, 4.69) is 28.0 Å². The van der Waals surface area contributed by atoms with Crippen LogP contribution < -0.4 is 0 Å². The largest absolute Gasteiger partial charge is 0.377 e. The zero-order valence-corrected chi connectivity index (χ0v) is 13.0. The van der Waals surface area contributed by atoms with Crippen molar-refractivity contribution < 1.29 is 14.0 Å². The van der Waals surface area contributed by atoms with Crippen molar-refractivity contribution in [1.29, 1.82) is 0 Å². The van der Waals surface area contributed by atoms with E-state index in [-0.39, 0.29) is 12.2 Å². The molecule has 0 bridgehead atoms. The lowest BCUT2D eigenvalue weighted by atomic mass is 10.1. The molecule has 22 heavy (non-hydrogen) atoms. The van der Waals surface area contributed by atoms with E-state index in [9.17, 15) is 0 Å². The molecule has 3 aliphatic rings. The summed E-state index contributed by atoms with van der Waals surface area (Å²) in [5, 5.41) is 4.10. The second-order valence-corrected chi connectivity index (χ2v) is 6.60. The normalized spacial score (nSPS) is 30.3. The maximum Gasteiger partial charge on any atom is 0.257 e. The summed E-state index contributed by atoms with van der Waals surface area (Å²) in [6, 6.07) is 0. The van der Waals surface area contributed by atoms with Crippen LogP contribution >= 0.6 is 0 Å². The quantitative estimate of drug-likeness (QED) is 0.794. The Labute approximate surface area is 130 Å². The molecule has 2 fully saturated rings. The lowest BCUT2D eigenvalue weighted by Gasteiger charge is -2.36. The molecule has 6 nitrogen and oxygen atoms in total. The highest BCUT2D eigenvalue weighted by atomic mass is 16.5. The summed E-state index contributed by atoms with van der Waals surface area (Å²) in [6.07, 6.45) is 5.74. The molecule has 0 aromatic carbocycles. The van der Waals surface area contributed by atoms with E-state index in [4.69, 9.17) is 14.0 Å². The van der Waals surface area contributed by atoms with Crippen LogP contribution in [0.3, 0.4) is 0 Å². The van der Waals surface area contributed by atoms with E-state index in [0.29, 0.717) is 11.8 Å². The Morgan fingerprint density at radius 2 is 2.23 bits per heavy atom. The summed E-state index contributed by atoms with van der Waals surface area (Å²) < 4.78 is 17.0. The molecule has 1 aliphatic carbocycles. The zero-order valence-electron chi connectivity index (χ0n) is 13.0. The molecule has 2 aliphatic heterocycles. The first kappa shape index (κ1) is 14.4. The fourth-order valence-electron chi connectivity index (χ4n) is 3.20. The van der Waals surface area contributed by atoms with E-state index >= 15 is 0 Å². The van der Waals surface area contributed by atoms with Crippen molar-refractivity contribution in [3.8, 4) is 0 Å². The van der Waals surface area contributed by atoms with Gasteiger partial charge in [-0.25, -0.2) is 0 Å². The molecule has 1 saturated carbocycles. The van der Waals surface area contributed by atoms with E-state index in [0.717, 1.165) is 45.1 Å². The standard InChI is InChI=1S/C16H23N3O3/c1-11-7-19(8-12-3-2-6-20-10-12)9-14(21-11)16-17-15(18-22-16)13-4-5-13/h3,11,13-14H,2,4-10H2,1H3/t11-,14-/m1/s1. The van der Waals surface area contributed by atoms with Gasteiger partial charge in [0.05, 0.1) is 19.3 Å². The Balaban J connectivity index is 1.42.